The van der Waals surface area contributed by atoms with Crippen molar-refractivity contribution in [1.82, 2.24) is 30.6 Å². The van der Waals surface area contributed by atoms with Gasteiger partial charge >= 0.3 is 0 Å². The maximum absolute atomic E-state index is 13.3. The molecule has 0 aliphatic rings. The standard InChI is InChI=1S/C35H36N8O2/c1-21-7-3-11-25-29(21)42-31-23(9-5-13-27(31)40-25)33(44)38-19-16-35(37,15-18-36)17-20-39-34(45)24-10-6-14-28-32(24)43-30-22(2)8-4-12-26(30)41-28/h3-14H,15-20,36-37H2,1-2H3,(H,38,44)(H,39,45). The molecule has 6 aromatic rings. The summed E-state index contributed by atoms with van der Waals surface area (Å²) < 4.78 is 0. The number of rotatable bonds is 10. The Hall–Kier alpha value is -5.06. The van der Waals surface area contributed by atoms with Crippen molar-refractivity contribution in [3.05, 3.63) is 95.1 Å². The molecule has 45 heavy (non-hydrogen) atoms. The third kappa shape index (κ3) is 6.15. The van der Waals surface area contributed by atoms with E-state index in [9.17, 15) is 9.59 Å². The van der Waals surface area contributed by atoms with Crippen LogP contribution in [0.1, 0.15) is 51.1 Å². The summed E-state index contributed by atoms with van der Waals surface area (Å²) in [6.07, 6.45) is 1.50. The van der Waals surface area contributed by atoms with Gasteiger partial charge in [0, 0.05) is 18.6 Å². The van der Waals surface area contributed by atoms with Gasteiger partial charge in [0.25, 0.3) is 11.8 Å². The van der Waals surface area contributed by atoms with Crippen LogP contribution in [0.5, 0.6) is 0 Å². The fourth-order valence-electron chi connectivity index (χ4n) is 5.79. The van der Waals surface area contributed by atoms with Crippen LogP contribution in [0.25, 0.3) is 44.1 Å². The van der Waals surface area contributed by atoms with Gasteiger partial charge in [0.2, 0.25) is 0 Å². The van der Waals surface area contributed by atoms with Crippen molar-refractivity contribution in [2.45, 2.75) is 38.6 Å². The Kier molecular flexibility index (Phi) is 8.34. The number of nitrogens with one attached hydrogen (secondary N) is 2. The predicted molar refractivity (Wildman–Crippen MR) is 178 cm³/mol. The Morgan fingerprint density at radius 3 is 1.42 bits per heavy atom. The second-order valence-electron chi connectivity index (χ2n) is 11.6. The first-order valence-corrected chi connectivity index (χ1v) is 15.1. The number of hydrogen-bond donors (Lipinski definition) is 4. The van der Waals surface area contributed by atoms with Crippen molar-refractivity contribution in [1.29, 1.82) is 0 Å². The molecule has 0 saturated heterocycles. The number of benzene rings is 4. The van der Waals surface area contributed by atoms with Crippen LogP contribution in [0.15, 0.2) is 72.8 Å². The van der Waals surface area contributed by atoms with Crippen LogP contribution in [-0.2, 0) is 0 Å². The lowest BCUT2D eigenvalue weighted by Crippen LogP contribution is -2.47. The predicted octanol–water partition coefficient (Wildman–Crippen LogP) is 4.48. The molecule has 6 rings (SSSR count). The highest BCUT2D eigenvalue weighted by atomic mass is 16.2. The van der Waals surface area contributed by atoms with E-state index in [1.54, 1.807) is 12.1 Å². The van der Waals surface area contributed by atoms with Gasteiger partial charge in [0.15, 0.2) is 0 Å². The lowest BCUT2D eigenvalue weighted by atomic mass is 9.88. The number of aryl methyl sites for hydroxylation is 2. The molecule has 6 N–H and O–H groups in total. The van der Waals surface area contributed by atoms with Crippen LogP contribution in [0.2, 0.25) is 0 Å². The summed E-state index contributed by atoms with van der Waals surface area (Å²) in [6, 6.07) is 22.5. The number of amides is 2. The quantitative estimate of drug-likeness (QED) is 0.167. The van der Waals surface area contributed by atoms with E-state index in [0.717, 1.165) is 33.2 Å². The molecule has 2 heterocycles. The van der Waals surface area contributed by atoms with E-state index in [0.29, 0.717) is 72.1 Å². The van der Waals surface area contributed by atoms with Crippen molar-refractivity contribution >= 4 is 55.9 Å². The fraction of sp³-hybridized carbons (Fsp3) is 0.257. The third-order valence-electron chi connectivity index (χ3n) is 8.34. The summed E-state index contributed by atoms with van der Waals surface area (Å²) in [5, 5.41) is 6.00. The largest absolute Gasteiger partial charge is 0.352 e. The first kappa shape index (κ1) is 30.0. The van der Waals surface area contributed by atoms with Gasteiger partial charge in [-0.05, 0) is 87.2 Å². The number of para-hydroxylation sites is 4. The molecule has 0 radical (unpaired) electrons. The SMILES string of the molecule is Cc1cccc2nc3cccc(C(=O)NCCC(N)(CCN)CCNC(=O)c4cccc5nc6cccc(C)c6nc45)c3nc12. The van der Waals surface area contributed by atoms with Gasteiger partial charge in [-0.3, -0.25) is 9.59 Å². The van der Waals surface area contributed by atoms with Crippen molar-refractivity contribution < 1.29 is 9.59 Å². The van der Waals surface area contributed by atoms with Gasteiger partial charge in [-0.1, -0.05) is 36.4 Å². The number of hydrogen-bond acceptors (Lipinski definition) is 8. The van der Waals surface area contributed by atoms with Crippen LogP contribution in [-0.4, -0.2) is 56.9 Å². The number of carbonyl (C=O) groups excluding carboxylic acids is 2. The molecule has 0 aliphatic carbocycles. The zero-order valence-electron chi connectivity index (χ0n) is 25.4. The third-order valence-corrected chi connectivity index (χ3v) is 8.34. The highest BCUT2D eigenvalue weighted by Crippen LogP contribution is 2.23. The molecule has 10 heteroatoms. The van der Waals surface area contributed by atoms with Crippen LogP contribution in [0.3, 0.4) is 0 Å². The van der Waals surface area contributed by atoms with E-state index < -0.39 is 5.54 Å². The molecule has 0 unspecified atom stereocenters. The van der Waals surface area contributed by atoms with Gasteiger partial charge in [-0.15, -0.1) is 0 Å². The van der Waals surface area contributed by atoms with Crippen LogP contribution >= 0.6 is 0 Å². The molecule has 4 aromatic carbocycles. The minimum Gasteiger partial charge on any atom is -0.352 e. The Bertz CT molecular complexity index is 1930. The van der Waals surface area contributed by atoms with E-state index in [2.05, 4.69) is 10.6 Å². The zero-order valence-corrected chi connectivity index (χ0v) is 25.4. The molecule has 2 amide bonds. The summed E-state index contributed by atoms with van der Waals surface area (Å²) >= 11 is 0. The number of nitrogens with zero attached hydrogens (tertiary/aromatic N) is 4. The Morgan fingerprint density at radius 2 is 1.00 bits per heavy atom. The lowest BCUT2D eigenvalue weighted by Gasteiger charge is -2.29. The highest BCUT2D eigenvalue weighted by Gasteiger charge is 2.25. The number of aromatic nitrogens is 4. The summed E-state index contributed by atoms with van der Waals surface area (Å²) in [5.41, 5.74) is 20.5. The highest BCUT2D eigenvalue weighted by molar-refractivity contribution is 6.07. The topological polar surface area (TPSA) is 162 Å². The minimum absolute atomic E-state index is 0.244. The Morgan fingerprint density at radius 1 is 0.600 bits per heavy atom. The van der Waals surface area contributed by atoms with Crippen molar-refractivity contribution in [2.75, 3.05) is 19.6 Å². The fourth-order valence-corrected chi connectivity index (χ4v) is 5.79. The van der Waals surface area contributed by atoms with Crippen molar-refractivity contribution in [3.63, 3.8) is 0 Å². The van der Waals surface area contributed by atoms with Crippen molar-refractivity contribution in [2.24, 2.45) is 11.5 Å². The number of fused-ring (bicyclic) bond motifs is 4. The number of carbonyl (C=O) groups is 2. The summed E-state index contributed by atoms with van der Waals surface area (Å²) in [7, 11) is 0. The Labute approximate surface area is 260 Å². The molecule has 0 fully saturated rings. The minimum atomic E-state index is -0.687. The van der Waals surface area contributed by atoms with E-state index in [4.69, 9.17) is 31.4 Å². The maximum Gasteiger partial charge on any atom is 0.253 e. The van der Waals surface area contributed by atoms with E-state index in [-0.39, 0.29) is 11.8 Å². The molecule has 0 saturated carbocycles. The molecule has 0 spiro atoms. The molecule has 228 valence electrons. The summed E-state index contributed by atoms with van der Waals surface area (Å²) in [4.78, 5) is 45.6. The summed E-state index contributed by atoms with van der Waals surface area (Å²) in [6.45, 7) is 5.02. The molecular formula is C35H36N8O2. The molecular weight excluding hydrogens is 564 g/mol. The lowest BCUT2D eigenvalue weighted by molar-refractivity contribution is 0.0949. The molecule has 0 aliphatic heterocycles. The van der Waals surface area contributed by atoms with Crippen LogP contribution in [0.4, 0.5) is 0 Å². The van der Waals surface area contributed by atoms with E-state index in [1.807, 2.05) is 74.5 Å². The zero-order chi connectivity index (χ0) is 31.6. The van der Waals surface area contributed by atoms with Crippen molar-refractivity contribution in [3.8, 4) is 0 Å². The van der Waals surface area contributed by atoms with Gasteiger partial charge in [0.1, 0.15) is 11.0 Å². The normalized spacial score (nSPS) is 11.8. The van der Waals surface area contributed by atoms with E-state index >= 15 is 0 Å². The molecule has 2 aromatic heterocycles. The first-order valence-electron chi connectivity index (χ1n) is 15.1. The van der Waals surface area contributed by atoms with Gasteiger partial charge < -0.3 is 22.1 Å². The van der Waals surface area contributed by atoms with Gasteiger partial charge in [-0.25, -0.2) is 19.9 Å². The van der Waals surface area contributed by atoms with Crippen LogP contribution in [0, 0.1) is 13.8 Å². The maximum atomic E-state index is 13.3. The van der Waals surface area contributed by atoms with Gasteiger partial charge in [0.05, 0.1) is 44.2 Å². The number of nitrogens with two attached hydrogens (primary N) is 2. The smallest absolute Gasteiger partial charge is 0.253 e. The average molecular weight is 601 g/mol. The molecule has 0 bridgehead atoms. The monoisotopic (exact) mass is 600 g/mol. The molecule has 10 nitrogen and oxygen atoms in total. The van der Waals surface area contributed by atoms with Gasteiger partial charge in [-0.2, -0.15) is 0 Å². The second kappa shape index (κ2) is 12.5. The molecule has 0 atom stereocenters. The summed E-state index contributed by atoms with van der Waals surface area (Å²) in [5.74, 6) is -0.489. The van der Waals surface area contributed by atoms with E-state index in [1.165, 1.54) is 0 Å². The van der Waals surface area contributed by atoms with Crippen LogP contribution < -0.4 is 22.1 Å². The first-order chi connectivity index (χ1) is 21.8. The average Bonchev–Trinajstić information content (AvgIpc) is 3.03. The Balaban J connectivity index is 1.11. The second-order valence-corrected chi connectivity index (χ2v) is 11.6.